The fourth-order valence-electron chi connectivity index (χ4n) is 1.87. The van der Waals surface area contributed by atoms with Crippen molar-refractivity contribution < 1.29 is 34.0 Å². The van der Waals surface area contributed by atoms with Gasteiger partial charge in [-0.2, -0.15) is 0 Å². The number of carbonyl (C=O) groups is 2. The van der Waals surface area contributed by atoms with Gasteiger partial charge in [0.1, 0.15) is 18.3 Å². The summed E-state index contributed by atoms with van der Waals surface area (Å²) in [5.41, 5.74) is 0. The van der Waals surface area contributed by atoms with Crippen molar-refractivity contribution in [3.05, 3.63) is 0 Å². The van der Waals surface area contributed by atoms with Gasteiger partial charge in [-0.1, -0.05) is 6.92 Å². The third kappa shape index (κ3) is 3.41. The topological polar surface area (TPSA) is 102 Å². The van der Waals surface area contributed by atoms with Crippen molar-refractivity contribution in [2.45, 2.75) is 45.4 Å². The summed E-state index contributed by atoms with van der Waals surface area (Å²) in [5, 5.41) is 19.0. The quantitative estimate of drug-likeness (QED) is 0.641. The highest BCUT2D eigenvalue weighted by molar-refractivity contribution is 5.66. The summed E-state index contributed by atoms with van der Waals surface area (Å²) in [6, 6.07) is 0. The van der Waals surface area contributed by atoms with Gasteiger partial charge in [0.25, 0.3) is 0 Å². The van der Waals surface area contributed by atoms with Crippen molar-refractivity contribution in [2.75, 3.05) is 6.61 Å². The minimum Gasteiger partial charge on any atom is -0.459 e. The molecule has 7 heteroatoms. The highest BCUT2D eigenvalue weighted by Crippen LogP contribution is 2.29. The maximum Gasteiger partial charge on any atom is 0.304 e. The van der Waals surface area contributed by atoms with Gasteiger partial charge in [0, 0.05) is 13.8 Å². The number of hydrogen-bond donors (Lipinski definition) is 2. The van der Waals surface area contributed by atoms with Gasteiger partial charge in [0.15, 0.2) is 0 Å². The Morgan fingerprint density at radius 3 is 2.22 bits per heavy atom. The predicted octanol–water partition coefficient (Wildman–Crippen LogP) is -0.805. The van der Waals surface area contributed by atoms with Crippen LogP contribution in [-0.2, 0) is 23.8 Å². The molecule has 1 fully saturated rings. The lowest BCUT2D eigenvalue weighted by Crippen LogP contribution is -2.57. The molecule has 0 radical (unpaired) electrons. The highest BCUT2D eigenvalue weighted by Gasteiger charge is 2.46. The molecule has 1 saturated heterocycles. The van der Waals surface area contributed by atoms with Crippen LogP contribution in [0, 0.1) is 5.92 Å². The van der Waals surface area contributed by atoms with Crippen LogP contribution in [-0.4, -0.2) is 53.4 Å². The lowest BCUT2D eigenvalue weighted by molar-refractivity contribution is -0.276. The van der Waals surface area contributed by atoms with E-state index in [2.05, 4.69) is 0 Å². The van der Waals surface area contributed by atoms with Crippen LogP contribution in [0.1, 0.15) is 20.8 Å². The lowest BCUT2D eigenvalue weighted by Gasteiger charge is -2.41. The van der Waals surface area contributed by atoms with E-state index in [1.165, 1.54) is 13.8 Å². The number of rotatable bonds is 3. The van der Waals surface area contributed by atoms with E-state index in [1.54, 1.807) is 6.92 Å². The monoisotopic (exact) mass is 262 g/mol. The summed E-state index contributed by atoms with van der Waals surface area (Å²) >= 11 is 0. The first-order valence-corrected chi connectivity index (χ1v) is 5.65. The number of hydrogen-bond acceptors (Lipinski definition) is 7. The summed E-state index contributed by atoms with van der Waals surface area (Å²) in [5.74, 6) is -1.65. The zero-order chi connectivity index (χ0) is 13.9. The number of ether oxygens (including phenoxy) is 3. The van der Waals surface area contributed by atoms with Crippen LogP contribution in [0.2, 0.25) is 0 Å². The normalized spacial score (nSPS) is 35.9. The van der Waals surface area contributed by atoms with E-state index < -0.39 is 49.1 Å². The van der Waals surface area contributed by atoms with E-state index in [0.29, 0.717) is 0 Å². The van der Waals surface area contributed by atoms with Crippen LogP contribution in [0.4, 0.5) is 0 Å². The molecule has 0 aromatic heterocycles. The molecule has 2 N–H and O–H groups in total. The average Bonchev–Trinajstić information content (AvgIpc) is 2.27. The van der Waals surface area contributed by atoms with E-state index in [1.807, 2.05) is 0 Å². The molecule has 0 aliphatic carbocycles. The highest BCUT2D eigenvalue weighted by atomic mass is 16.7. The van der Waals surface area contributed by atoms with Gasteiger partial charge >= 0.3 is 11.9 Å². The maximum absolute atomic E-state index is 11.0. The van der Waals surface area contributed by atoms with E-state index in [-0.39, 0.29) is 0 Å². The Balaban J connectivity index is 2.84. The molecule has 0 amide bonds. The second-order valence-electron chi connectivity index (χ2n) is 4.26. The Morgan fingerprint density at radius 1 is 1.22 bits per heavy atom. The molecule has 5 unspecified atom stereocenters. The first kappa shape index (κ1) is 14.9. The molecule has 18 heavy (non-hydrogen) atoms. The Labute approximate surface area is 105 Å². The van der Waals surface area contributed by atoms with Gasteiger partial charge in [0.05, 0.1) is 12.5 Å². The second-order valence-corrected chi connectivity index (χ2v) is 4.26. The van der Waals surface area contributed by atoms with Crippen molar-refractivity contribution in [1.82, 2.24) is 0 Å². The van der Waals surface area contributed by atoms with E-state index in [9.17, 15) is 14.7 Å². The summed E-state index contributed by atoms with van der Waals surface area (Å²) in [6.07, 6.45) is -3.99. The van der Waals surface area contributed by atoms with Crippen molar-refractivity contribution in [2.24, 2.45) is 5.92 Å². The number of aliphatic hydroxyl groups excluding tert-OH is 2. The average molecular weight is 262 g/mol. The molecule has 0 saturated carbocycles. The third-order valence-corrected chi connectivity index (χ3v) is 2.74. The Bertz CT molecular complexity index is 317. The first-order chi connectivity index (χ1) is 8.36. The minimum absolute atomic E-state index is 0.469. The van der Waals surface area contributed by atoms with Crippen molar-refractivity contribution in [1.29, 1.82) is 0 Å². The van der Waals surface area contributed by atoms with Crippen molar-refractivity contribution in [3.8, 4) is 0 Å². The largest absolute Gasteiger partial charge is 0.459 e. The molecule has 104 valence electrons. The molecule has 0 bridgehead atoms. The summed E-state index contributed by atoms with van der Waals surface area (Å²) in [7, 11) is 0. The molecule has 0 aromatic rings. The number of carbonyl (C=O) groups excluding carboxylic acids is 2. The molecule has 1 heterocycles. The van der Waals surface area contributed by atoms with Crippen molar-refractivity contribution >= 4 is 11.9 Å². The van der Waals surface area contributed by atoms with E-state index in [0.717, 1.165) is 0 Å². The van der Waals surface area contributed by atoms with Gasteiger partial charge < -0.3 is 24.4 Å². The molecule has 5 atom stereocenters. The first-order valence-electron chi connectivity index (χ1n) is 5.65. The van der Waals surface area contributed by atoms with Crippen LogP contribution in [0.25, 0.3) is 0 Å². The van der Waals surface area contributed by atoms with Crippen LogP contribution in [0.3, 0.4) is 0 Å². The zero-order valence-electron chi connectivity index (χ0n) is 10.5. The molecular weight excluding hydrogens is 244 g/mol. The summed E-state index contributed by atoms with van der Waals surface area (Å²) < 4.78 is 15.2. The van der Waals surface area contributed by atoms with Crippen molar-refractivity contribution in [3.63, 3.8) is 0 Å². The molecular formula is C11H18O7. The Hall–Kier alpha value is -1.18. The molecule has 0 spiro atoms. The number of aliphatic hydroxyl groups is 2. The molecule has 7 nitrogen and oxygen atoms in total. The smallest absolute Gasteiger partial charge is 0.304 e. The van der Waals surface area contributed by atoms with Gasteiger partial charge in [-0.3, -0.25) is 9.59 Å². The zero-order valence-corrected chi connectivity index (χ0v) is 10.5. The fourth-order valence-corrected chi connectivity index (χ4v) is 1.87. The summed E-state index contributed by atoms with van der Waals surface area (Å²) in [4.78, 5) is 21.9. The van der Waals surface area contributed by atoms with Gasteiger partial charge in [-0.15, -0.1) is 0 Å². The van der Waals surface area contributed by atoms with Crippen LogP contribution >= 0.6 is 0 Å². The Kier molecular flexibility index (Phi) is 5.06. The van der Waals surface area contributed by atoms with E-state index >= 15 is 0 Å². The SMILES string of the molecule is CC(=O)OC1OC(CO)C(O)C(OC(C)=O)C1C. The maximum atomic E-state index is 11.0. The Morgan fingerprint density at radius 2 is 1.78 bits per heavy atom. The minimum atomic E-state index is -1.17. The standard InChI is InChI=1S/C11H18O7/c1-5-10(16-6(2)13)9(15)8(4-12)18-11(5)17-7(3)14/h5,8-12,15H,4H2,1-3H3. The third-order valence-electron chi connectivity index (χ3n) is 2.74. The van der Waals surface area contributed by atoms with Crippen LogP contribution < -0.4 is 0 Å². The molecule has 0 aromatic carbocycles. The second kappa shape index (κ2) is 6.12. The number of esters is 2. The molecule has 1 aliphatic rings. The fraction of sp³-hybridized carbons (Fsp3) is 0.818. The lowest BCUT2D eigenvalue weighted by atomic mass is 9.92. The van der Waals surface area contributed by atoms with Crippen LogP contribution in [0.15, 0.2) is 0 Å². The van der Waals surface area contributed by atoms with E-state index in [4.69, 9.17) is 19.3 Å². The van der Waals surface area contributed by atoms with Gasteiger partial charge in [-0.05, 0) is 0 Å². The molecule has 1 rings (SSSR count). The van der Waals surface area contributed by atoms with Gasteiger partial charge in [-0.25, -0.2) is 0 Å². The van der Waals surface area contributed by atoms with Crippen LogP contribution in [0.5, 0.6) is 0 Å². The predicted molar refractivity (Wildman–Crippen MR) is 58.2 cm³/mol. The molecule has 1 aliphatic heterocycles. The van der Waals surface area contributed by atoms with Gasteiger partial charge in [0.2, 0.25) is 6.29 Å². The summed E-state index contributed by atoms with van der Waals surface area (Å²) in [6.45, 7) is 3.58.